The SMILES string of the molecule is CC1=C(C)SC(=C[C]2[CH][CH][CH][CH]2)S1. The van der Waals surface area contributed by atoms with E-state index in [1.807, 2.05) is 23.5 Å². The lowest BCUT2D eigenvalue weighted by Gasteiger charge is -2.01. The lowest BCUT2D eigenvalue weighted by atomic mass is 10.1. The van der Waals surface area contributed by atoms with Crippen molar-refractivity contribution in [2.24, 2.45) is 0 Å². The van der Waals surface area contributed by atoms with Crippen molar-refractivity contribution in [1.82, 2.24) is 0 Å². The molecule has 0 unspecified atom stereocenters. The second-order valence-corrected chi connectivity index (χ2v) is 5.77. The normalized spacial score (nSPS) is 24.6. The highest BCUT2D eigenvalue weighted by Crippen LogP contribution is 2.49. The second-order valence-electron chi connectivity index (χ2n) is 3.00. The van der Waals surface area contributed by atoms with E-state index in [-0.39, 0.29) is 0 Å². The maximum Gasteiger partial charge on any atom is 0.0458 e. The average Bonchev–Trinajstić information content (AvgIpc) is 2.64. The predicted octanol–water partition coefficient (Wildman–Crippen LogP) is 3.96. The molecule has 2 rings (SSSR count). The molecule has 0 saturated heterocycles. The van der Waals surface area contributed by atoms with Crippen LogP contribution in [0.2, 0.25) is 0 Å². The van der Waals surface area contributed by atoms with Crippen LogP contribution in [0.15, 0.2) is 20.1 Å². The minimum absolute atomic E-state index is 1.30. The molecule has 1 aliphatic heterocycles. The summed E-state index contributed by atoms with van der Waals surface area (Å²) in [6, 6.07) is 0. The predicted molar refractivity (Wildman–Crippen MR) is 62.1 cm³/mol. The Labute approximate surface area is 89.2 Å². The highest BCUT2D eigenvalue weighted by Gasteiger charge is 2.19. The maximum absolute atomic E-state index is 2.25. The molecule has 2 aliphatic rings. The minimum Gasteiger partial charge on any atom is -0.0870 e. The number of rotatable bonds is 1. The van der Waals surface area contributed by atoms with Crippen LogP contribution >= 0.6 is 23.5 Å². The van der Waals surface area contributed by atoms with Gasteiger partial charge in [-0.1, -0.05) is 29.6 Å². The first-order valence-electron chi connectivity index (χ1n) is 4.22. The van der Waals surface area contributed by atoms with Crippen LogP contribution < -0.4 is 0 Å². The number of hydrogen-bond acceptors (Lipinski definition) is 2. The zero-order chi connectivity index (χ0) is 9.26. The quantitative estimate of drug-likeness (QED) is 0.638. The van der Waals surface area contributed by atoms with Crippen molar-refractivity contribution in [2.75, 3.05) is 0 Å². The van der Waals surface area contributed by atoms with Gasteiger partial charge in [-0.05, 0) is 49.3 Å². The second kappa shape index (κ2) is 4.14. The van der Waals surface area contributed by atoms with Crippen molar-refractivity contribution < 1.29 is 0 Å². The van der Waals surface area contributed by atoms with Crippen LogP contribution in [-0.2, 0) is 0 Å². The lowest BCUT2D eigenvalue weighted by molar-refractivity contribution is 1.38. The van der Waals surface area contributed by atoms with Gasteiger partial charge in [0.1, 0.15) is 0 Å². The van der Waals surface area contributed by atoms with E-state index in [0.717, 1.165) is 0 Å². The Bertz CT molecular complexity index is 241. The summed E-state index contributed by atoms with van der Waals surface area (Å²) < 4.78 is 1.39. The van der Waals surface area contributed by atoms with E-state index in [2.05, 4.69) is 45.6 Å². The Hall–Kier alpha value is 0.180. The van der Waals surface area contributed by atoms with E-state index >= 15 is 0 Å². The highest BCUT2D eigenvalue weighted by molar-refractivity contribution is 8.28. The highest BCUT2D eigenvalue weighted by atomic mass is 32.2. The first-order chi connectivity index (χ1) is 6.25. The number of hydrogen-bond donors (Lipinski definition) is 0. The van der Waals surface area contributed by atoms with E-state index in [1.54, 1.807) is 0 Å². The summed E-state index contributed by atoms with van der Waals surface area (Å²) in [5, 5.41) is 0. The third kappa shape index (κ3) is 2.35. The van der Waals surface area contributed by atoms with Crippen molar-refractivity contribution in [3.8, 4) is 0 Å². The van der Waals surface area contributed by atoms with Gasteiger partial charge in [-0.2, -0.15) is 0 Å². The molecule has 5 radical (unpaired) electrons. The summed E-state index contributed by atoms with van der Waals surface area (Å²) in [6.45, 7) is 4.36. The fourth-order valence-corrected chi connectivity index (χ4v) is 3.59. The Kier molecular flexibility index (Phi) is 3.10. The smallest absolute Gasteiger partial charge is 0.0458 e. The summed E-state index contributed by atoms with van der Waals surface area (Å²) in [7, 11) is 0. The summed E-state index contributed by atoms with van der Waals surface area (Å²) in [6.07, 6.45) is 10.7. The third-order valence-electron chi connectivity index (χ3n) is 1.98. The Balaban J connectivity index is 1.96. The van der Waals surface area contributed by atoms with Crippen LogP contribution in [-0.4, -0.2) is 0 Å². The van der Waals surface area contributed by atoms with Crippen molar-refractivity contribution >= 4 is 23.5 Å². The lowest BCUT2D eigenvalue weighted by Crippen LogP contribution is -1.84. The third-order valence-corrected chi connectivity index (χ3v) is 4.47. The topological polar surface area (TPSA) is 0 Å². The van der Waals surface area contributed by atoms with Crippen molar-refractivity contribution in [3.05, 3.63) is 51.7 Å². The average molecular weight is 207 g/mol. The molecule has 0 bridgehead atoms. The first-order valence-corrected chi connectivity index (χ1v) is 5.85. The van der Waals surface area contributed by atoms with Gasteiger partial charge in [0.05, 0.1) is 0 Å². The Morgan fingerprint density at radius 2 is 1.54 bits per heavy atom. The molecule has 1 fully saturated rings. The van der Waals surface area contributed by atoms with Gasteiger partial charge in [-0.3, -0.25) is 0 Å². The van der Waals surface area contributed by atoms with Gasteiger partial charge < -0.3 is 0 Å². The molecule has 1 aliphatic carbocycles. The van der Waals surface area contributed by atoms with Gasteiger partial charge >= 0.3 is 0 Å². The van der Waals surface area contributed by atoms with Gasteiger partial charge in [-0.25, -0.2) is 0 Å². The van der Waals surface area contributed by atoms with E-state index in [9.17, 15) is 0 Å². The van der Waals surface area contributed by atoms with E-state index in [0.29, 0.717) is 0 Å². The monoisotopic (exact) mass is 207 g/mol. The summed E-state index contributed by atoms with van der Waals surface area (Å²) in [5.41, 5.74) is 0. The molecule has 0 N–H and O–H groups in total. The molecule has 0 aromatic rings. The van der Waals surface area contributed by atoms with Crippen LogP contribution in [0, 0.1) is 31.6 Å². The van der Waals surface area contributed by atoms with Gasteiger partial charge in [0.15, 0.2) is 0 Å². The van der Waals surface area contributed by atoms with Crippen molar-refractivity contribution in [3.63, 3.8) is 0 Å². The Morgan fingerprint density at radius 1 is 1.00 bits per heavy atom. The van der Waals surface area contributed by atoms with E-state index < -0.39 is 0 Å². The molecule has 13 heavy (non-hydrogen) atoms. The molecule has 1 heterocycles. The first kappa shape index (κ1) is 9.72. The minimum atomic E-state index is 1.30. The summed E-state index contributed by atoms with van der Waals surface area (Å²) in [5.74, 6) is 1.30. The largest absolute Gasteiger partial charge is 0.0870 e. The fraction of sp³-hybridized carbons (Fsp3) is 0.182. The van der Waals surface area contributed by atoms with Crippen molar-refractivity contribution in [1.29, 1.82) is 0 Å². The molecular weight excluding hydrogens is 196 g/mol. The zero-order valence-corrected chi connectivity index (χ0v) is 9.34. The van der Waals surface area contributed by atoms with Crippen molar-refractivity contribution in [2.45, 2.75) is 13.8 Å². The molecule has 0 amide bonds. The van der Waals surface area contributed by atoms with Crippen LogP contribution in [0.3, 0.4) is 0 Å². The van der Waals surface area contributed by atoms with Gasteiger partial charge in [0, 0.05) is 10.2 Å². The molecule has 0 atom stereocenters. The van der Waals surface area contributed by atoms with Crippen LogP contribution in [0.4, 0.5) is 0 Å². The van der Waals surface area contributed by atoms with E-state index in [1.165, 1.54) is 20.0 Å². The number of thioether (sulfide) groups is 2. The molecule has 1 saturated carbocycles. The zero-order valence-electron chi connectivity index (χ0n) is 7.70. The fourth-order valence-electron chi connectivity index (χ4n) is 1.15. The maximum atomic E-state index is 2.25. The molecule has 0 aromatic carbocycles. The van der Waals surface area contributed by atoms with E-state index in [4.69, 9.17) is 0 Å². The summed E-state index contributed by atoms with van der Waals surface area (Å²) in [4.78, 5) is 2.87. The molecule has 0 aromatic heterocycles. The van der Waals surface area contributed by atoms with Crippen LogP contribution in [0.1, 0.15) is 13.8 Å². The summed E-state index contributed by atoms with van der Waals surface area (Å²) >= 11 is 3.75. The number of allylic oxidation sites excluding steroid dienone is 3. The molecule has 0 nitrogen and oxygen atoms in total. The van der Waals surface area contributed by atoms with Gasteiger partial charge in [-0.15, -0.1) is 0 Å². The van der Waals surface area contributed by atoms with Gasteiger partial charge in [0.25, 0.3) is 0 Å². The Morgan fingerprint density at radius 3 is 2.08 bits per heavy atom. The van der Waals surface area contributed by atoms with Gasteiger partial charge in [0.2, 0.25) is 0 Å². The standard InChI is InChI=1S/C11H11S2/c1-8-9(2)13-11(12-8)7-10-5-3-4-6-10/h3-7H,1-2H3. The molecule has 67 valence electrons. The molecule has 0 spiro atoms. The molecular formula is C11H11S2. The van der Waals surface area contributed by atoms with Crippen LogP contribution in [0.25, 0.3) is 0 Å². The van der Waals surface area contributed by atoms with Crippen LogP contribution in [0.5, 0.6) is 0 Å². The molecule has 2 heteroatoms.